The smallest absolute Gasteiger partial charge is 0.334 e. The first kappa shape index (κ1) is 20.3. The molecule has 3 aromatic rings. The second kappa shape index (κ2) is 8.28. The summed E-state index contributed by atoms with van der Waals surface area (Å²) in [4.78, 5) is 29.7. The van der Waals surface area contributed by atoms with Gasteiger partial charge in [0.1, 0.15) is 6.73 Å². The molecule has 3 rings (SSSR count). The number of nitrogens with zero attached hydrogens (tertiary/aromatic N) is 4. The number of rotatable bonds is 8. The summed E-state index contributed by atoms with van der Waals surface area (Å²) >= 11 is 0. The van der Waals surface area contributed by atoms with Crippen LogP contribution in [0.4, 0.5) is 0 Å². The number of ether oxygens (including phenoxy) is 1. The number of hydrogen-bond donors (Lipinski definition) is 0. The fourth-order valence-corrected chi connectivity index (χ4v) is 3.78. The zero-order valence-electron chi connectivity index (χ0n) is 17.0. The number of aryl methyl sites for hydroxylation is 2. The Balaban J connectivity index is 1.87. The molecule has 28 heavy (non-hydrogen) atoms. The highest BCUT2D eigenvalue weighted by Crippen LogP contribution is 2.11. The Morgan fingerprint density at radius 1 is 1.11 bits per heavy atom. The topological polar surface area (TPSA) is 71.1 Å². The van der Waals surface area contributed by atoms with Gasteiger partial charge in [-0.1, -0.05) is 50.0 Å². The van der Waals surface area contributed by atoms with E-state index in [4.69, 9.17) is 4.74 Å². The lowest BCUT2D eigenvalue weighted by Gasteiger charge is -2.16. The van der Waals surface area contributed by atoms with E-state index in [0.29, 0.717) is 24.3 Å². The van der Waals surface area contributed by atoms with Crippen molar-refractivity contribution in [1.82, 2.24) is 18.7 Å². The van der Waals surface area contributed by atoms with Crippen LogP contribution in [0, 0.1) is 0 Å². The maximum absolute atomic E-state index is 12.7. The molecule has 0 saturated carbocycles. The molecule has 0 aliphatic rings. The van der Waals surface area contributed by atoms with Gasteiger partial charge in [0.05, 0.1) is 6.33 Å². The van der Waals surface area contributed by atoms with Gasteiger partial charge in [-0.2, -0.15) is 0 Å². The Hall–Kier alpha value is -2.45. The van der Waals surface area contributed by atoms with Crippen molar-refractivity contribution in [2.75, 3.05) is 6.61 Å². The van der Waals surface area contributed by atoms with E-state index in [-0.39, 0.29) is 12.3 Å². The largest absolute Gasteiger partial charge is 0.361 e. The van der Waals surface area contributed by atoms with Gasteiger partial charge in [0.15, 0.2) is 11.2 Å². The molecule has 0 fully saturated rings. The quantitative estimate of drug-likeness (QED) is 0.430. The van der Waals surface area contributed by atoms with Gasteiger partial charge in [-0.15, -0.1) is 0 Å². The first-order valence-electron chi connectivity index (χ1n) is 9.54. The van der Waals surface area contributed by atoms with Crippen LogP contribution in [0.3, 0.4) is 0 Å². The minimum Gasteiger partial charge on any atom is -0.361 e. The molecule has 0 atom stereocenters. The highest BCUT2D eigenvalue weighted by atomic mass is 28.3. The molecule has 0 radical (unpaired) electrons. The SMILES string of the molecule is Cn1c(=O)c2c(ncn2CCc2ccccc2)n(COCC[Si](C)(C)C)c1=O. The lowest BCUT2D eigenvalue weighted by molar-refractivity contribution is 0.0857. The molecule has 0 aliphatic carbocycles. The van der Waals surface area contributed by atoms with E-state index in [0.717, 1.165) is 17.0 Å². The van der Waals surface area contributed by atoms with Gasteiger partial charge in [0, 0.05) is 28.3 Å². The van der Waals surface area contributed by atoms with Gasteiger partial charge in [0.25, 0.3) is 5.56 Å². The van der Waals surface area contributed by atoms with Crippen LogP contribution in [-0.4, -0.2) is 33.4 Å². The fourth-order valence-electron chi connectivity index (χ4n) is 3.02. The van der Waals surface area contributed by atoms with Crippen LogP contribution in [-0.2, 0) is 31.5 Å². The van der Waals surface area contributed by atoms with Crippen LogP contribution < -0.4 is 11.2 Å². The zero-order chi connectivity index (χ0) is 20.3. The number of aromatic nitrogens is 4. The summed E-state index contributed by atoms with van der Waals surface area (Å²) in [5.74, 6) is 0. The third-order valence-corrected chi connectivity index (χ3v) is 6.50. The van der Waals surface area contributed by atoms with Crippen molar-refractivity contribution in [2.45, 2.75) is 45.4 Å². The predicted octanol–water partition coefficient (Wildman–Crippen LogP) is 2.45. The summed E-state index contributed by atoms with van der Waals surface area (Å²) in [6.07, 6.45) is 2.41. The first-order valence-corrected chi connectivity index (χ1v) is 13.2. The van der Waals surface area contributed by atoms with E-state index in [1.54, 1.807) is 6.33 Å². The van der Waals surface area contributed by atoms with Crippen molar-refractivity contribution < 1.29 is 4.74 Å². The van der Waals surface area contributed by atoms with Crippen LogP contribution >= 0.6 is 0 Å². The van der Waals surface area contributed by atoms with Gasteiger partial charge in [-0.25, -0.2) is 9.78 Å². The third kappa shape index (κ3) is 4.51. The Labute approximate surface area is 165 Å². The lowest BCUT2D eigenvalue weighted by atomic mass is 10.1. The second-order valence-corrected chi connectivity index (χ2v) is 13.9. The van der Waals surface area contributed by atoms with Gasteiger partial charge < -0.3 is 9.30 Å². The van der Waals surface area contributed by atoms with E-state index < -0.39 is 13.8 Å². The molecular formula is C20H28N4O3Si. The summed E-state index contributed by atoms with van der Waals surface area (Å²) in [6.45, 7) is 8.15. The third-order valence-electron chi connectivity index (χ3n) is 4.80. The zero-order valence-corrected chi connectivity index (χ0v) is 18.0. The molecule has 0 unspecified atom stereocenters. The molecule has 0 amide bonds. The maximum Gasteiger partial charge on any atom is 0.334 e. The fraction of sp³-hybridized carbons (Fsp3) is 0.450. The molecule has 0 N–H and O–H groups in total. The van der Waals surface area contributed by atoms with Gasteiger partial charge >= 0.3 is 5.69 Å². The maximum atomic E-state index is 12.7. The molecule has 0 aliphatic heterocycles. The molecule has 2 heterocycles. The van der Waals surface area contributed by atoms with E-state index >= 15 is 0 Å². The molecule has 2 aromatic heterocycles. The van der Waals surface area contributed by atoms with Crippen molar-refractivity contribution >= 4 is 19.2 Å². The Kier molecular flexibility index (Phi) is 6.00. The molecular weight excluding hydrogens is 372 g/mol. The minimum absolute atomic E-state index is 0.101. The predicted molar refractivity (Wildman–Crippen MR) is 113 cm³/mol. The molecule has 7 nitrogen and oxygen atoms in total. The van der Waals surface area contributed by atoms with Crippen molar-refractivity contribution in [1.29, 1.82) is 0 Å². The molecule has 0 bridgehead atoms. The van der Waals surface area contributed by atoms with Crippen LogP contribution in [0.25, 0.3) is 11.2 Å². The average molecular weight is 401 g/mol. The number of imidazole rings is 1. The number of benzene rings is 1. The standard InChI is InChI=1S/C20H28N4O3Si/c1-22-19(25)17-18(24(20(22)26)15-27-12-13-28(2,3)4)21-14-23(17)11-10-16-8-6-5-7-9-16/h5-9,14H,10-13,15H2,1-4H3. The van der Waals surface area contributed by atoms with E-state index in [1.807, 2.05) is 22.8 Å². The molecule has 0 spiro atoms. The number of hydrogen-bond acceptors (Lipinski definition) is 4. The van der Waals surface area contributed by atoms with E-state index in [9.17, 15) is 9.59 Å². The number of fused-ring (bicyclic) bond motifs is 1. The molecule has 8 heteroatoms. The summed E-state index contributed by atoms with van der Waals surface area (Å²) < 4.78 is 10.1. The van der Waals surface area contributed by atoms with Crippen molar-refractivity contribution in [2.24, 2.45) is 7.05 Å². The van der Waals surface area contributed by atoms with Gasteiger partial charge in [-0.3, -0.25) is 13.9 Å². The summed E-state index contributed by atoms with van der Waals surface area (Å²) in [7, 11) is 0.289. The Morgan fingerprint density at radius 2 is 1.82 bits per heavy atom. The average Bonchev–Trinajstić information content (AvgIpc) is 3.08. The van der Waals surface area contributed by atoms with E-state index in [2.05, 4.69) is 36.8 Å². The van der Waals surface area contributed by atoms with E-state index in [1.165, 1.54) is 17.2 Å². The molecule has 1 aromatic carbocycles. The monoisotopic (exact) mass is 400 g/mol. The van der Waals surface area contributed by atoms with Crippen molar-refractivity contribution in [3.8, 4) is 0 Å². The minimum atomic E-state index is -1.21. The van der Waals surface area contributed by atoms with Gasteiger partial charge in [-0.05, 0) is 18.0 Å². The van der Waals surface area contributed by atoms with Crippen molar-refractivity contribution in [3.05, 3.63) is 63.1 Å². The van der Waals surface area contributed by atoms with Crippen LogP contribution in [0.15, 0.2) is 46.2 Å². The summed E-state index contributed by atoms with van der Waals surface area (Å²) in [6, 6.07) is 11.1. The highest BCUT2D eigenvalue weighted by Gasteiger charge is 2.17. The Morgan fingerprint density at radius 3 is 2.50 bits per heavy atom. The Bertz CT molecular complexity index is 1060. The lowest BCUT2D eigenvalue weighted by Crippen LogP contribution is -2.39. The summed E-state index contributed by atoms with van der Waals surface area (Å²) in [5, 5.41) is 0. The first-order chi connectivity index (χ1) is 13.3. The second-order valence-electron chi connectivity index (χ2n) is 8.27. The van der Waals surface area contributed by atoms with Crippen LogP contribution in [0.5, 0.6) is 0 Å². The van der Waals surface area contributed by atoms with Crippen LogP contribution in [0.2, 0.25) is 25.7 Å². The summed E-state index contributed by atoms with van der Waals surface area (Å²) in [5.41, 5.74) is 1.27. The normalized spacial score (nSPS) is 12.0. The molecule has 0 saturated heterocycles. The molecule has 150 valence electrons. The van der Waals surface area contributed by atoms with Crippen LogP contribution in [0.1, 0.15) is 5.56 Å². The highest BCUT2D eigenvalue weighted by molar-refractivity contribution is 6.76. The van der Waals surface area contributed by atoms with Gasteiger partial charge in [0.2, 0.25) is 0 Å². The van der Waals surface area contributed by atoms with Crippen molar-refractivity contribution in [3.63, 3.8) is 0 Å².